The molecule has 0 fully saturated rings. The molecular weight excluding hydrogens is 235 g/mol. The van der Waals surface area contributed by atoms with Crippen LogP contribution in [0.1, 0.15) is 11.1 Å². The van der Waals surface area contributed by atoms with Crippen LogP contribution in [0.2, 0.25) is 0 Å². The molecule has 86 valence electrons. The molecule has 4 heteroatoms. The van der Waals surface area contributed by atoms with Crippen LogP contribution in [0.5, 0.6) is 0 Å². The molecule has 1 aliphatic carbocycles. The summed E-state index contributed by atoms with van der Waals surface area (Å²) in [6, 6.07) is 13.0. The van der Waals surface area contributed by atoms with E-state index in [1.54, 1.807) is 6.07 Å². The van der Waals surface area contributed by atoms with Gasteiger partial charge in [-0.05, 0) is 34.7 Å². The summed E-state index contributed by atoms with van der Waals surface area (Å²) in [5, 5.41) is 0.159. The normalized spacial score (nSPS) is 13.3. The lowest BCUT2D eigenvalue weighted by molar-refractivity contribution is 0.387. The van der Waals surface area contributed by atoms with Crippen LogP contribution in [0.15, 0.2) is 42.5 Å². The van der Waals surface area contributed by atoms with E-state index in [1.165, 1.54) is 6.07 Å². The summed E-state index contributed by atoms with van der Waals surface area (Å²) in [5.41, 5.74) is 3.92. The van der Waals surface area contributed by atoms with Gasteiger partial charge in [-0.25, -0.2) is 0 Å². The maximum Gasteiger partial charge on any atom is 0.356 e. The van der Waals surface area contributed by atoms with Crippen molar-refractivity contribution < 1.29 is 14.4 Å². The van der Waals surface area contributed by atoms with E-state index in [4.69, 9.17) is 0 Å². The third-order valence-electron chi connectivity index (χ3n) is 3.14. The Morgan fingerprint density at radius 1 is 0.941 bits per heavy atom. The molecule has 3 rings (SSSR count). The first-order valence-corrected chi connectivity index (χ1v) is 6.95. The molecule has 0 saturated carbocycles. The smallest absolute Gasteiger partial charge is 0.321 e. The number of fused-ring (bicyclic) bond motifs is 3. The van der Waals surface area contributed by atoms with Crippen molar-refractivity contribution in [2.45, 2.75) is 6.42 Å². The second kappa shape index (κ2) is 3.54. The van der Waals surface area contributed by atoms with Gasteiger partial charge in [-0.1, -0.05) is 36.4 Å². The van der Waals surface area contributed by atoms with Gasteiger partial charge in [0.05, 0.1) is 5.30 Å². The predicted molar refractivity (Wildman–Crippen MR) is 66.4 cm³/mol. The minimum atomic E-state index is -4.19. The van der Waals surface area contributed by atoms with Gasteiger partial charge in [-0.2, -0.15) is 0 Å². The summed E-state index contributed by atoms with van der Waals surface area (Å²) in [4.78, 5) is 18.7. The van der Waals surface area contributed by atoms with Crippen LogP contribution in [0, 0.1) is 0 Å². The Hall–Kier alpha value is -1.41. The molecule has 0 unspecified atom stereocenters. The fraction of sp³-hybridized carbons (Fsp3) is 0.0769. The third-order valence-corrected chi connectivity index (χ3v) is 4.19. The lowest BCUT2D eigenvalue weighted by atomic mass is 10.1. The van der Waals surface area contributed by atoms with Crippen LogP contribution in [0.25, 0.3) is 11.1 Å². The van der Waals surface area contributed by atoms with Gasteiger partial charge in [0.15, 0.2) is 0 Å². The standard InChI is InChI=1S/C13H11O3P/c14-17(15,16)13-7-3-6-11-10-5-2-1-4-9(10)8-12(11)13/h1-7H,8H2,(H2,14,15,16). The van der Waals surface area contributed by atoms with Crippen molar-refractivity contribution in [2.75, 3.05) is 0 Å². The Bertz CT molecular complexity index is 643. The summed E-state index contributed by atoms with van der Waals surface area (Å²) in [6.45, 7) is 0. The van der Waals surface area contributed by atoms with Crippen LogP contribution in [-0.2, 0) is 11.0 Å². The molecule has 0 heterocycles. The summed E-state index contributed by atoms with van der Waals surface area (Å²) in [5.74, 6) is 0. The van der Waals surface area contributed by atoms with Crippen LogP contribution in [-0.4, -0.2) is 9.79 Å². The molecule has 0 spiro atoms. The first-order valence-electron chi connectivity index (χ1n) is 5.33. The van der Waals surface area contributed by atoms with Gasteiger partial charge in [-0.15, -0.1) is 0 Å². The van der Waals surface area contributed by atoms with Crippen LogP contribution in [0.3, 0.4) is 0 Å². The van der Waals surface area contributed by atoms with Crippen LogP contribution >= 0.6 is 7.60 Å². The summed E-state index contributed by atoms with van der Waals surface area (Å²) in [7, 11) is -4.19. The average Bonchev–Trinajstić information content (AvgIpc) is 2.65. The Morgan fingerprint density at radius 2 is 1.65 bits per heavy atom. The highest BCUT2D eigenvalue weighted by Crippen LogP contribution is 2.42. The van der Waals surface area contributed by atoms with Gasteiger partial charge in [0, 0.05) is 0 Å². The molecule has 2 N–H and O–H groups in total. The van der Waals surface area contributed by atoms with Gasteiger partial charge in [0.25, 0.3) is 0 Å². The average molecular weight is 246 g/mol. The Labute approximate surface area is 98.9 Å². The molecule has 2 aromatic carbocycles. The van der Waals surface area contributed by atoms with Crippen LogP contribution in [0.4, 0.5) is 0 Å². The lowest BCUT2D eigenvalue weighted by Gasteiger charge is -2.09. The van der Waals surface area contributed by atoms with Gasteiger partial charge in [0.2, 0.25) is 0 Å². The monoisotopic (exact) mass is 246 g/mol. The fourth-order valence-corrected chi connectivity index (χ4v) is 3.24. The van der Waals surface area contributed by atoms with Crippen molar-refractivity contribution >= 4 is 12.9 Å². The molecule has 2 aromatic rings. The molecule has 0 saturated heterocycles. The molecule has 0 amide bonds. The molecule has 3 nitrogen and oxygen atoms in total. The van der Waals surface area contributed by atoms with Gasteiger partial charge in [-0.3, -0.25) is 4.57 Å². The predicted octanol–water partition coefficient (Wildman–Crippen LogP) is 2.06. The van der Waals surface area contributed by atoms with E-state index in [0.29, 0.717) is 6.42 Å². The Kier molecular flexibility index (Phi) is 2.23. The maximum atomic E-state index is 11.4. The van der Waals surface area contributed by atoms with Crippen molar-refractivity contribution in [2.24, 2.45) is 0 Å². The highest BCUT2D eigenvalue weighted by Gasteiger charge is 2.27. The SMILES string of the molecule is O=P(O)(O)c1cccc2c1Cc1ccccc1-2. The molecule has 0 atom stereocenters. The number of hydrogen-bond acceptors (Lipinski definition) is 1. The second-order valence-corrected chi connectivity index (χ2v) is 5.75. The summed E-state index contributed by atoms with van der Waals surface area (Å²) >= 11 is 0. The molecular formula is C13H11O3P. The molecule has 0 aliphatic heterocycles. The summed E-state index contributed by atoms with van der Waals surface area (Å²) in [6.07, 6.45) is 0.604. The lowest BCUT2D eigenvalue weighted by Crippen LogP contribution is -2.09. The number of rotatable bonds is 1. The zero-order valence-electron chi connectivity index (χ0n) is 9.00. The number of hydrogen-bond donors (Lipinski definition) is 2. The highest BCUT2D eigenvalue weighted by atomic mass is 31.2. The van der Waals surface area contributed by atoms with Gasteiger partial charge < -0.3 is 9.79 Å². The summed E-state index contributed by atoms with van der Waals surface area (Å²) < 4.78 is 11.4. The third kappa shape index (κ3) is 1.64. The van der Waals surface area contributed by atoms with E-state index in [2.05, 4.69) is 0 Å². The first-order chi connectivity index (χ1) is 8.07. The number of benzene rings is 2. The molecule has 17 heavy (non-hydrogen) atoms. The van der Waals surface area contributed by atoms with Crippen molar-refractivity contribution in [3.63, 3.8) is 0 Å². The molecule has 0 bridgehead atoms. The highest BCUT2D eigenvalue weighted by molar-refractivity contribution is 7.60. The topological polar surface area (TPSA) is 57.5 Å². The molecule has 1 aliphatic rings. The zero-order valence-corrected chi connectivity index (χ0v) is 9.89. The van der Waals surface area contributed by atoms with E-state index < -0.39 is 7.60 Å². The van der Waals surface area contributed by atoms with Crippen LogP contribution < -0.4 is 5.30 Å². The minimum Gasteiger partial charge on any atom is -0.321 e. The largest absolute Gasteiger partial charge is 0.356 e. The van der Waals surface area contributed by atoms with E-state index in [1.807, 2.05) is 30.3 Å². The second-order valence-electron chi connectivity index (χ2n) is 4.18. The van der Waals surface area contributed by atoms with E-state index >= 15 is 0 Å². The van der Waals surface area contributed by atoms with Gasteiger partial charge >= 0.3 is 7.60 Å². The maximum absolute atomic E-state index is 11.4. The van der Waals surface area contributed by atoms with Crippen molar-refractivity contribution in [3.8, 4) is 11.1 Å². The quantitative estimate of drug-likeness (QED) is 0.646. The Morgan fingerprint density at radius 3 is 2.41 bits per heavy atom. The fourth-order valence-electron chi connectivity index (χ4n) is 2.41. The minimum absolute atomic E-state index is 0.159. The van der Waals surface area contributed by atoms with E-state index in [0.717, 1.165) is 22.3 Å². The van der Waals surface area contributed by atoms with Gasteiger partial charge in [0.1, 0.15) is 0 Å². The van der Waals surface area contributed by atoms with Crippen molar-refractivity contribution in [1.82, 2.24) is 0 Å². The van der Waals surface area contributed by atoms with Crippen molar-refractivity contribution in [1.29, 1.82) is 0 Å². The Balaban J connectivity index is 2.28. The zero-order chi connectivity index (χ0) is 12.0. The van der Waals surface area contributed by atoms with Crippen molar-refractivity contribution in [3.05, 3.63) is 53.6 Å². The van der Waals surface area contributed by atoms with E-state index in [-0.39, 0.29) is 5.30 Å². The molecule has 0 aromatic heterocycles. The van der Waals surface area contributed by atoms with E-state index in [9.17, 15) is 14.4 Å². The molecule has 0 radical (unpaired) electrons. The first kappa shape index (κ1) is 10.7.